The van der Waals surface area contributed by atoms with E-state index in [0.717, 1.165) is 82.0 Å². The van der Waals surface area contributed by atoms with Crippen LogP contribution in [0.2, 0.25) is 5.02 Å². The van der Waals surface area contributed by atoms with Gasteiger partial charge in [0.1, 0.15) is 30.3 Å². The summed E-state index contributed by atoms with van der Waals surface area (Å²) in [5, 5.41) is 6.95. The summed E-state index contributed by atoms with van der Waals surface area (Å²) in [4.78, 5) is 69.8. The van der Waals surface area contributed by atoms with E-state index in [0.29, 0.717) is 53.5 Å². The number of nitrogens with one attached hydrogen (secondary N) is 2. The summed E-state index contributed by atoms with van der Waals surface area (Å²) < 4.78 is 12.4. The molecular weight excluding hydrogens is 802 g/mol. The second kappa shape index (κ2) is 17.0. The van der Waals surface area contributed by atoms with Gasteiger partial charge >= 0.3 is 5.97 Å². The van der Waals surface area contributed by atoms with E-state index in [1.807, 2.05) is 6.92 Å². The molecule has 340 valence electrons. The first kappa shape index (κ1) is 45.3. The second-order valence-corrected chi connectivity index (χ2v) is 22.6. The predicted molar refractivity (Wildman–Crippen MR) is 240 cm³/mol. The molecule has 0 aromatic heterocycles. The van der Waals surface area contributed by atoms with Crippen molar-refractivity contribution in [2.75, 3.05) is 26.2 Å². The molecule has 0 spiro atoms. The molecule has 12 unspecified atom stereocenters. The van der Waals surface area contributed by atoms with Crippen molar-refractivity contribution in [3.63, 3.8) is 0 Å². The number of benzene rings is 1. The lowest BCUT2D eigenvalue weighted by atomic mass is 9.38. The first-order chi connectivity index (χ1) is 29.3. The number of allylic oxidation sites excluding steroid dienone is 1. The number of hydrogen-bond donors (Lipinski definition) is 2. The lowest BCUT2D eigenvalue weighted by molar-refractivity contribution is -0.195. The zero-order valence-corrected chi connectivity index (χ0v) is 39.3. The molecule has 1 aromatic carbocycles. The molecular formula is C51H72ClN3O7. The number of ketones is 1. The van der Waals surface area contributed by atoms with Gasteiger partial charge in [0.25, 0.3) is 5.91 Å². The number of esters is 1. The van der Waals surface area contributed by atoms with Gasteiger partial charge in [-0.3, -0.25) is 24.1 Å². The third-order valence-electron chi connectivity index (χ3n) is 18.1. The van der Waals surface area contributed by atoms with Crippen LogP contribution < -0.4 is 15.4 Å². The number of fused-ring (bicyclic) bond motifs is 7. The van der Waals surface area contributed by atoms with E-state index in [2.05, 4.69) is 50.2 Å². The van der Waals surface area contributed by atoms with Crippen molar-refractivity contribution in [3.05, 3.63) is 39.9 Å². The second-order valence-electron chi connectivity index (χ2n) is 22.1. The Bertz CT molecular complexity index is 1990. The Morgan fingerprint density at radius 1 is 0.968 bits per heavy atom. The van der Waals surface area contributed by atoms with Crippen molar-refractivity contribution >= 4 is 41.5 Å². The highest BCUT2D eigenvalue weighted by Gasteiger charge is 2.65. The van der Waals surface area contributed by atoms with Gasteiger partial charge in [0.05, 0.1) is 17.0 Å². The molecule has 11 heteroatoms. The van der Waals surface area contributed by atoms with Gasteiger partial charge in [-0.25, -0.2) is 0 Å². The molecule has 5 saturated carbocycles. The van der Waals surface area contributed by atoms with Gasteiger partial charge in [-0.15, -0.1) is 0 Å². The van der Waals surface area contributed by atoms with Crippen LogP contribution in [0.4, 0.5) is 0 Å². The fourth-order valence-electron chi connectivity index (χ4n) is 14.6. The summed E-state index contributed by atoms with van der Waals surface area (Å²) in [5.41, 5.74) is 0.485. The number of Topliss-reactive ketones (excluding diaryl/α,β-unsaturated/α-hetero) is 1. The molecule has 0 bridgehead atoms. The van der Waals surface area contributed by atoms with E-state index in [1.54, 1.807) is 32.0 Å². The van der Waals surface area contributed by atoms with Crippen molar-refractivity contribution in [1.29, 1.82) is 0 Å². The maximum atomic E-state index is 14.6. The minimum Gasteiger partial charge on any atom is -0.491 e. The molecule has 62 heavy (non-hydrogen) atoms. The number of likely N-dealkylation sites (tertiary alicyclic amines) is 1. The van der Waals surface area contributed by atoms with Gasteiger partial charge in [0.2, 0.25) is 5.91 Å². The Labute approximate surface area is 374 Å². The molecule has 6 aliphatic carbocycles. The highest BCUT2D eigenvalue weighted by atomic mass is 35.5. The Balaban J connectivity index is 0.976. The molecule has 2 amide bonds. The number of ether oxygens (including phenoxy) is 2. The first-order valence-corrected chi connectivity index (χ1v) is 24.4. The number of hydrogen-bond acceptors (Lipinski definition) is 8. The maximum absolute atomic E-state index is 14.6. The third-order valence-corrected chi connectivity index (χ3v) is 18.3. The van der Waals surface area contributed by atoms with Gasteiger partial charge in [0.15, 0.2) is 5.78 Å². The van der Waals surface area contributed by atoms with Crippen LogP contribution in [0.3, 0.4) is 0 Å². The first-order valence-electron chi connectivity index (χ1n) is 24.1. The van der Waals surface area contributed by atoms with Gasteiger partial charge in [-0.05, 0) is 179 Å². The van der Waals surface area contributed by atoms with Crippen molar-refractivity contribution < 1.29 is 33.4 Å². The van der Waals surface area contributed by atoms with Crippen LogP contribution in [-0.2, 0) is 23.9 Å². The Morgan fingerprint density at radius 2 is 1.66 bits per heavy atom. The van der Waals surface area contributed by atoms with E-state index in [9.17, 15) is 24.0 Å². The summed E-state index contributed by atoms with van der Waals surface area (Å²) in [6, 6.07) is 4.97. The molecule has 1 heterocycles. The van der Waals surface area contributed by atoms with Gasteiger partial charge < -0.3 is 24.9 Å². The molecule has 6 fully saturated rings. The standard InChI is InChI=1S/C51H72ClN3O7/c1-29(2)43-39(57)27-51(54-47(60)48(5,6)53-45(58)35-12-11-33(52)26-41(35)61-24-23-55-21-9-10-22-55)20-16-38-34(44(43)51)13-14-42-49(7)19-17-40(31(4)37(49)15-18-50(38,42)8)62-46(59)36-25-32(28-56)30(36)3/h11-12,26,28-32,34,36-38,40,42H,9-10,13-25,27H2,1-8H3,(H,53,58)(H,54,60). The monoisotopic (exact) mass is 874 g/mol. The Hall–Kier alpha value is -3.24. The molecule has 0 radical (unpaired) electrons. The van der Waals surface area contributed by atoms with Crippen molar-refractivity contribution in [1.82, 2.24) is 15.5 Å². The minimum atomic E-state index is -1.29. The van der Waals surface area contributed by atoms with Crippen LogP contribution in [0.5, 0.6) is 5.75 Å². The number of rotatable bonds is 12. The largest absolute Gasteiger partial charge is 0.491 e. The quantitative estimate of drug-likeness (QED) is 0.158. The van der Waals surface area contributed by atoms with Crippen LogP contribution in [0.1, 0.15) is 143 Å². The Morgan fingerprint density at radius 3 is 2.35 bits per heavy atom. The zero-order valence-electron chi connectivity index (χ0n) is 38.6. The van der Waals surface area contributed by atoms with E-state index >= 15 is 0 Å². The van der Waals surface area contributed by atoms with E-state index in [4.69, 9.17) is 21.1 Å². The normalized spacial score (nSPS) is 38.0. The lowest BCUT2D eigenvalue weighted by Crippen LogP contribution is -2.65. The van der Waals surface area contributed by atoms with E-state index < -0.39 is 17.0 Å². The van der Waals surface area contributed by atoms with E-state index in [-0.39, 0.29) is 76.5 Å². The fraction of sp³-hybridized carbons (Fsp3) is 0.745. The maximum Gasteiger partial charge on any atom is 0.309 e. The summed E-state index contributed by atoms with van der Waals surface area (Å²) in [7, 11) is 0. The van der Waals surface area contributed by atoms with E-state index in [1.165, 1.54) is 12.8 Å². The molecule has 1 saturated heterocycles. The number of nitrogens with zero attached hydrogens (tertiary/aromatic N) is 1. The van der Waals surface area contributed by atoms with Crippen molar-refractivity contribution in [3.8, 4) is 5.75 Å². The summed E-state index contributed by atoms with van der Waals surface area (Å²) >= 11 is 6.36. The average Bonchev–Trinajstić information content (AvgIpc) is 3.83. The lowest BCUT2D eigenvalue weighted by Gasteiger charge is -2.67. The van der Waals surface area contributed by atoms with Gasteiger partial charge in [0, 0.05) is 23.9 Å². The fourth-order valence-corrected chi connectivity index (χ4v) is 14.8. The van der Waals surface area contributed by atoms with Crippen molar-refractivity contribution in [2.45, 2.75) is 150 Å². The Kier molecular flexibility index (Phi) is 12.4. The molecule has 1 aliphatic heterocycles. The number of aldehydes is 1. The number of carbonyl (C=O) groups is 5. The number of carbonyl (C=O) groups excluding carboxylic acids is 5. The molecule has 7 aliphatic rings. The molecule has 1 aromatic rings. The minimum absolute atomic E-state index is 0.0291. The topological polar surface area (TPSA) is 131 Å². The third kappa shape index (κ3) is 7.76. The highest BCUT2D eigenvalue weighted by Crippen LogP contribution is 2.70. The molecule has 10 nitrogen and oxygen atoms in total. The van der Waals surface area contributed by atoms with Crippen LogP contribution in [0.25, 0.3) is 0 Å². The number of amides is 2. The van der Waals surface area contributed by atoms with Crippen LogP contribution in [-0.4, -0.2) is 78.2 Å². The number of halogens is 1. The summed E-state index contributed by atoms with van der Waals surface area (Å²) in [5.74, 6) is 1.35. The predicted octanol–water partition coefficient (Wildman–Crippen LogP) is 8.78. The van der Waals surface area contributed by atoms with Crippen LogP contribution in [0, 0.1) is 64.1 Å². The molecule has 2 N–H and O–H groups in total. The van der Waals surface area contributed by atoms with Gasteiger partial charge in [-0.1, -0.05) is 53.1 Å². The average molecular weight is 875 g/mol. The smallest absolute Gasteiger partial charge is 0.309 e. The SMILES string of the molecule is CC(C)C1=C2C3CCC4C(C)(CCC5C(C)C(OC(=O)C6CC(C=O)C6C)CCC54C)C3CCC2(NC(=O)C(C)(C)NC(=O)c2ccc(Cl)cc2OCCN2CCCC2)CC1=O. The summed E-state index contributed by atoms with van der Waals surface area (Å²) in [6.45, 7) is 20.3. The van der Waals surface area contributed by atoms with Gasteiger partial charge in [-0.2, -0.15) is 0 Å². The zero-order chi connectivity index (χ0) is 44.5. The molecule has 12 atom stereocenters. The molecule has 8 rings (SSSR count). The van der Waals surface area contributed by atoms with Crippen molar-refractivity contribution in [2.24, 2.45) is 64.1 Å². The highest BCUT2D eigenvalue weighted by molar-refractivity contribution is 6.30. The van der Waals surface area contributed by atoms with Crippen LogP contribution in [0.15, 0.2) is 29.3 Å². The summed E-state index contributed by atoms with van der Waals surface area (Å²) in [6.07, 6.45) is 11.8. The van der Waals surface area contributed by atoms with Crippen LogP contribution >= 0.6 is 11.6 Å².